The normalized spacial score (nSPS) is 12.0. The van der Waals surface area contributed by atoms with Crippen LogP contribution in [0.25, 0.3) is 0 Å². The molecule has 0 bridgehead atoms. The maximum Gasteiger partial charge on any atom is 0.119 e. The smallest absolute Gasteiger partial charge is 0.119 e. The number of rotatable bonds is 5. The van der Waals surface area contributed by atoms with E-state index in [1.807, 2.05) is 44.2 Å². The van der Waals surface area contributed by atoms with Gasteiger partial charge in [0.05, 0.1) is 6.61 Å². The fourth-order valence-corrected chi connectivity index (χ4v) is 2.27. The molecular weight excluding hydrogens is 270 g/mol. The number of ether oxygens (including phenoxy) is 1. The molecule has 20 heavy (non-hydrogen) atoms. The van der Waals surface area contributed by atoms with Crippen molar-refractivity contribution in [3.05, 3.63) is 58.6 Å². The molecule has 0 fully saturated rings. The van der Waals surface area contributed by atoms with Gasteiger partial charge >= 0.3 is 0 Å². The van der Waals surface area contributed by atoms with Crippen LogP contribution in [0, 0.1) is 6.92 Å². The first-order valence-electron chi connectivity index (χ1n) is 6.86. The maximum absolute atomic E-state index is 6.14. The number of halogens is 1. The average molecular weight is 290 g/mol. The highest BCUT2D eigenvalue weighted by atomic mass is 35.5. The zero-order valence-corrected chi connectivity index (χ0v) is 12.9. The zero-order chi connectivity index (χ0) is 14.5. The second-order valence-corrected chi connectivity index (χ2v) is 5.19. The van der Waals surface area contributed by atoms with E-state index in [1.54, 1.807) is 0 Å². The Morgan fingerprint density at radius 3 is 2.50 bits per heavy atom. The lowest BCUT2D eigenvalue weighted by Crippen LogP contribution is -2.07. The van der Waals surface area contributed by atoms with Crippen molar-refractivity contribution in [1.82, 2.24) is 0 Å². The van der Waals surface area contributed by atoms with E-state index in [0.717, 1.165) is 22.0 Å². The molecule has 0 amide bonds. The molecule has 0 aliphatic heterocycles. The van der Waals surface area contributed by atoms with Gasteiger partial charge in [0.15, 0.2) is 0 Å². The summed E-state index contributed by atoms with van der Waals surface area (Å²) in [6.07, 6.45) is 0. The summed E-state index contributed by atoms with van der Waals surface area (Å²) in [7, 11) is 0. The van der Waals surface area contributed by atoms with E-state index in [1.165, 1.54) is 5.56 Å². The van der Waals surface area contributed by atoms with Gasteiger partial charge in [-0.15, -0.1) is 0 Å². The molecule has 0 aliphatic rings. The van der Waals surface area contributed by atoms with Crippen molar-refractivity contribution in [2.24, 2.45) is 0 Å². The van der Waals surface area contributed by atoms with Crippen molar-refractivity contribution in [3.8, 4) is 5.75 Å². The van der Waals surface area contributed by atoms with Gasteiger partial charge in [0, 0.05) is 16.8 Å². The first-order chi connectivity index (χ1) is 9.61. The molecular formula is C17H20ClNO. The predicted octanol–water partition coefficient (Wildman–Crippen LogP) is 5.22. The Morgan fingerprint density at radius 2 is 1.85 bits per heavy atom. The van der Waals surface area contributed by atoms with E-state index in [9.17, 15) is 0 Å². The third kappa shape index (κ3) is 3.45. The molecule has 1 atom stereocenters. The van der Waals surface area contributed by atoms with Gasteiger partial charge < -0.3 is 10.1 Å². The Bertz CT molecular complexity index is 566. The second kappa shape index (κ2) is 6.67. The van der Waals surface area contributed by atoms with Crippen molar-refractivity contribution < 1.29 is 4.74 Å². The molecule has 3 heteroatoms. The van der Waals surface area contributed by atoms with E-state index in [4.69, 9.17) is 16.3 Å². The predicted molar refractivity (Wildman–Crippen MR) is 85.8 cm³/mol. The average Bonchev–Trinajstić information content (AvgIpc) is 2.45. The van der Waals surface area contributed by atoms with Crippen LogP contribution in [0.3, 0.4) is 0 Å². The summed E-state index contributed by atoms with van der Waals surface area (Å²) < 4.78 is 5.46. The summed E-state index contributed by atoms with van der Waals surface area (Å²) in [4.78, 5) is 0. The Kier molecular flexibility index (Phi) is 4.91. The van der Waals surface area contributed by atoms with Gasteiger partial charge in [0.1, 0.15) is 5.75 Å². The molecule has 2 aromatic rings. The lowest BCUT2D eigenvalue weighted by molar-refractivity contribution is 0.340. The van der Waals surface area contributed by atoms with Gasteiger partial charge in [-0.25, -0.2) is 0 Å². The van der Waals surface area contributed by atoms with Gasteiger partial charge in [-0.1, -0.05) is 29.8 Å². The Labute approximate surface area is 125 Å². The number of hydrogen-bond donors (Lipinski definition) is 1. The van der Waals surface area contributed by atoms with Crippen LogP contribution < -0.4 is 10.1 Å². The van der Waals surface area contributed by atoms with E-state index in [2.05, 4.69) is 24.4 Å². The number of hydrogen-bond acceptors (Lipinski definition) is 2. The van der Waals surface area contributed by atoms with Gasteiger partial charge in [-0.3, -0.25) is 0 Å². The third-order valence-electron chi connectivity index (χ3n) is 3.33. The molecule has 1 N–H and O–H groups in total. The van der Waals surface area contributed by atoms with Crippen molar-refractivity contribution >= 4 is 17.3 Å². The lowest BCUT2D eigenvalue weighted by Gasteiger charge is -2.18. The summed E-state index contributed by atoms with van der Waals surface area (Å²) in [6, 6.07) is 14.3. The molecule has 0 radical (unpaired) electrons. The van der Waals surface area contributed by atoms with Gasteiger partial charge in [0.2, 0.25) is 0 Å². The van der Waals surface area contributed by atoms with Crippen LogP contribution in [0.1, 0.15) is 31.0 Å². The Hall–Kier alpha value is -1.67. The van der Waals surface area contributed by atoms with Crippen LogP contribution in [-0.4, -0.2) is 6.61 Å². The topological polar surface area (TPSA) is 21.3 Å². The molecule has 0 saturated heterocycles. The molecule has 1 unspecified atom stereocenters. The molecule has 106 valence electrons. The standard InChI is InChI=1S/C17H20ClNO/c1-4-20-15-10-8-14(9-11-15)13(3)19-17-7-5-6-16(18)12(17)2/h5-11,13,19H,4H2,1-3H3. The zero-order valence-electron chi connectivity index (χ0n) is 12.1. The molecule has 0 spiro atoms. The number of benzene rings is 2. The molecule has 2 rings (SSSR count). The van der Waals surface area contributed by atoms with Crippen molar-refractivity contribution in [2.45, 2.75) is 26.8 Å². The fourth-order valence-electron chi connectivity index (χ4n) is 2.10. The van der Waals surface area contributed by atoms with Crippen LogP contribution in [0.5, 0.6) is 5.75 Å². The van der Waals surface area contributed by atoms with Crippen LogP contribution in [-0.2, 0) is 0 Å². The largest absolute Gasteiger partial charge is 0.494 e. The monoisotopic (exact) mass is 289 g/mol. The molecule has 2 nitrogen and oxygen atoms in total. The van der Waals surface area contributed by atoms with Crippen molar-refractivity contribution in [1.29, 1.82) is 0 Å². The van der Waals surface area contributed by atoms with Crippen LogP contribution in [0.15, 0.2) is 42.5 Å². The first-order valence-corrected chi connectivity index (χ1v) is 7.24. The van der Waals surface area contributed by atoms with E-state index >= 15 is 0 Å². The highest BCUT2D eigenvalue weighted by Crippen LogP contribution is 2.27. The van der Waals surface area contributed by atoms with Gasteiger partial charge in [-0.2, -0.15) is 0 Å². The summed E-state index contributed by atoms with van der Waals surface area (Å²) in [6.45, 7) is 6.83. The lowest BCUT2D eigenvalue weighted by atomic mass is 10.1. The summed E-state index contributed by atoms with van der Waals surface area (Å²) in [5.41, 5.74) is 3.36. The minimum Gasteiger partial charge on any atom is -0.494 e. The van der Waals surface area contributed by atoms with Gasteiger partial charge in [-0.05, 0) is 56.2 Å². The second-order valence-electron chi connectivity index (χ2n) is 4.78. The van der Waals surface area contributed by atoms with E-state index in [0.29, 0.717) is 6.61 Å². The number of nitrogens with one attached hydrogen (secondary N) is 1. The minimum atomic E-state index is 0.211. The minimum absolute atomic E-state index is 0.211. The summed E-state index contributed by atoms with van der Waals surface area (Å²) >= 11 is 6.14. The molecule has 0 heterocycles. The Morgan fingerprint density at radius 1 is 1.15 bits per heavy atom. The third-order valence-corrected chi connectivity index (χ3v) is 3.74. The number of anilines is 1. The summed E-state index contributed by atoms with van der Waals surface area (Å²) in [5.74, 6) is 0.905. The maximum atomic E-state index is 6.14. The highest BCUT2D eigenvalue weighted by molar-refractivity contribution is 6.31. The molecule has 0 saturated carbocycles. The first kappa shape index (κ1) is 14.7. The summed E-state index contributed by atoms with van der Waals surface area (Å²) in [5, 5.41) is 4.28. The van der Waals surface area contributed by atoms with Crippen LogP contribution >= 0.6 is 11.6 Å². The van der Waals surface area contributed by atoms with Crippen LogP contribution in [0.4, 0.5) is 5.69 Å². The van der Waals surface area contributed by atoms with Crippen molar-refractivity contribution in [2.75, 3.05) is 11.9 Å². The molecule has 0 aromatic heterocycles. The highest BCUT2D eigenvalue weighted by Gasteiger charge is 2.08. The Balaban J connectivity index is 2.11. The van der Waals surface area contributed by atoms with Crippen LogP contribution in [0.2, 0.25) is 5.02 Å². The SMILES string of the molecule is CCOc1ccc(C(C)Nc2cccc(Cl)c2C)cc1. The van der Waals surface area contributed by atoms with Crippen molar-refractivity contribution in [3.63, 3.8) is 0 Å². The van der Waals surface area contributed by atoms with E-state index in [-0.39, 0.29) is 6.04 Å². The molecule has 2 aromatic carbocycles. The van der Waals surface area contributed by atoms with Gasteiger partial charge in [0.25, 0.3) is 0 Å². The molecule has 0 aliphatic carbocycles. The quantitative estimate of drug-likeness (QED) is 0.815. The van der Waals surface area contributed by atoms with E-state index < -0.39 is 0 Å². The fraction of sp³-hybridized carbons (Fsp3) is 0.294.